The standard InChI is InChI=1S/C18H20ClNO5S2/c1-13-11-14(2)18(27(23,24)20-7-9-25-10-8-20)12-17(13)26(21,22)16-5-3-15(19)4-6-16/h3-6,11-12H,7-10H2,1-2H3. The number of rotatable bonds is 4. The van der Waals surface area contributed by atoms with Gasteiger partial charge in [-0.05, 0) is 55.3 Å². The Morgan fingerprint density at radius 3 is 2.04 bits per heavy atom. The van der Waals surface area contributed by atoms with Gasteiger partial charge in [-0.3, -0.25) is 0 Å². The average molecular weight is 430 g/mol. The van der Waals surface area contributed by atoms with E-state index in [0.717, 1.165) is 0 Å². The number of hydrogen-bond donors (Lipinski definition) is 0. The molecular formula is C18H20ClNO5S2. The molecule has 27 heavy (non-hydrogen) atoms. The Labute approximate surface area is 164 Å². The van der Waals surface area contributed by atoms with Gasteiger partial charge in [0.15, 0.2) is 0 Å². The van der Waals surface area contributed by atoms with Gasteiger partial charge < -0.3 is 4.74 Å². The Kier molecular flexibility index (Phi) is 5.65. The van der Waals surface area contributed by atoms with Gasteiger partial charge in [-0.1, -0.05) is 17.7 Å². The number of halogens is 1. The zero-order valence-corrected chi connectivity index (χ0v) is 17.4. The zero-order chi connectivity index (χ0) is 19.8. The molecule has 0 spiro atoms. The Hall–Kier alpha value is -1.45. The van der Waals surface area contributed by atoms with Crippen molar-refractivity contribution in [3.63, 3.8) is 0 Å². The van der Waals surface area contributed by atoms with Gasteiger partial charge in [-0.25, -0.2) is 16.8 Å². The number of aryl methyl sites for hydroxylation is 2. The number of nitrogens with zero attached hydrogens (tertiary/aromatic N) is 1. The van der Waals surface area contributed by atoms with Crippen molar-refractivity contribution in [1.82, 2.24) is 4.31 Å². The minimum atomic E-state index is -3.88. The highest BCUT2D eigenvalue weighted by Crippen LogP contribution is 2.30. The molecule has 0 radical (unpaired) electrons. The van der Waals surface area contributed by atoms with E-state index in [0.29, 0.717) is 29.4 Å². The third kappa shape index (κ3) is 3.90. The highest BCUT2D eigenvalue weighted by Gasteiger charge is 2.30. The first-order valence-electron chi connectivity index (χ1n) is 8.34. The summed E-state index contributed by atoms with van der Waals surface area (Å²) in [5.74, 6) is 0. The smallest absolute Gasteiger partial charge is 0.243 e. The number of ether oxygens (including phenoxy) is 1. The lowest BCUT2D eigenvalue weighted by Gasteiger charge is -2.27. The van der Waals surface area contributed by atoms with Crippen LogP contribution in [-0.4, -0.2) is 47.4 Å². The average Bonchev–Trinajstić information content (AvgIpc) is 2.62. The molecule has 0 bridgehead atoms. The van der Waals surface area contributed by atoms with Gasteiger partial charge in [0.05, 0.1) is 27.9 Å². The minimum absolute atomic E-state index is 0.00235. The van der Waals surface area contributed by atoms with Crippen LogP contribution in [0.1, 0.15) is 11.1 Å². The number of morpholine rings is 1. The van der Waals surface area contributed by atoms with Crippen molar-refractivity contribution in [1.29, 1.82) is 0 Å². The van der Waals surface area contributed by atoms with Crippen molar-refractivity contribution in [2.75, 3.05) is 26.3 Å². The Morgan fingerprint density at radius 1 is 0.889 bits per heavy atom. The van der Waals surface area contributed by atoms with Gasteiger partial charge in [0.2, 0.25) is 19.9 Å². The number of sulfonamides is 1. The lowest BCUT2D eigenvalue weighted by molar-refractivity contribution is 0.0730. The van der Waals surface area contributed by atoms with Gasteiger partial charge in [0.25, 0.3) is 0 Å². The summed E-state index contributed by atoms with van der Waals surface area (Å²) < 4.78 is 58.7. The molecule has 0 aliphatic carbocycles. The van der Waals surface area contributed by atoms with E-state index in [-0.39, 0.29) is 27.8 Å². The SMILES string of the molecule is Cc1cc(C)c(S(=O)(=O)N2CCOCC2)cc1S(=O)(=O)c1ccc(Cl)cc1. The molecule has 2 aromatic carbocycles. The summed E-state index contributed by atoms with van der Waals surface area (Å²) in [5, 5.41) is 0.421. The minimum Gasteiger partial charge on any atom is -0.379 e. The van der Waals surface area contributed by atoms with Crippen molar-refractivity contribution in [3.8, 4) is 0 Å². The van der Waals surface area contributed by atoms with E-state index in [1.54, 1.807) is 19.9 Å². The van der Waals surface area contributed by atoms with Crippen LogP contribution in [0.3, 0.4) is 0 Å². The third-order valence-electron chi connectivity index (χ3n) is 4.47. The normalized spacial score (nSPS) is 16.4. The van der Waals surface area contributed by atoms with Crippen LogP contribution >= 0.6 is 11.6 Å². The van der Waals surface area contributed by atoms with Crippen molar-refractivity contribution in [3.05, 3.63) is 52.5 Å². The maximum atomic E-state index is 13.1. The van der Waals surface area contributed by atoms with E-state index in [9.17, 15) is 16.8 Å². The van der Waals surface area contributed by atoms with Crippen molar-refractivity contribution < 1.29 is 21.6 Å². The van der Waals surface area contributed by atoms with Gasteiger partial charge in [0.1, 0.15) is 0 Å². The topological polar surface area (TPSA) is 80.8 Å². The van der Waals surface area contributed by atoms with E-state index in [4.69, 9.17) is 16.3 Å². The summed E-state index contributed by atoms with van der Waals surface area (Å²) >= 11 is 5.84. The summed E-state index contributed by atoms with van der Waals surface area (Å²) in [6.07, 6.45) is 0. The van der Waals surface area contributed by atoms with Gasteiger partial charge in [0, 0.05) is 18.1 Å². The molecule has 0 atom stereocenters. The zero-order valence-electron chi connectivity index (χ0n) is 15.0. The fourth-order valence-electron chi connectivity index (χ4n) is 3.05. The van der Waals surface area contributed by atoms with Crippen LogP contribution in [-0.2, 0) is 24.6 Å². The highest BCUT2D eigenvalue weighted by atomic mass is 35.5. The van der Waals surface area contributed by atoms with Crippen LogP contribution in [0.4, 0.5) is 0 Å². The fourth-order valence-corrected chi connectivity index (χ4v) is 6.39. The molecule has 1 aliphatic rings. The molecular weight excluding hydrogens is 410 g/mol. The molecule has 0 amide bonds. The molecule has 1 aliphatic heterocycles. The molecule has 1 fully saturated rings. The van der Waals surface area contributed by atoms with Crippen molar-refractivity contribution in [2.45, 2.75) is 28.5 Å². The summed E-state index contributed by atoms with van der Waals surface area (Å²) in [5.41, 5.74) is 0.998. The lowest BCUT2D eigenvalue weighted by atomic mass is 10.2. The summed E-state index contributed by atoms with van der Waals surface area (Å²) in [6.45, 7) is 4.45. The number of hydrogen-bond acceptors (Lipinski definition) is 5. The number of benzene rings is 2. The molecule has 0 unspecified atom stereocenters. The molecule has 9 heteroatoms. The first-order chi connectivity index (χ1) is 12.6. The molecule has 1 heterocycles. The molecule has 1 saturated heterocycles. The van der Waals surface area contributed by atoms with Crippen LogP contribution in [0.15, 0.2) is 51.1 Å². The van der Waals surface area contributed by atoms with E-state index < -0.39 is 19.9 Å². The lowest BCUT2D eigenvalue weighted by Crippen LogP contribution is -2.40. The molecule has 0 saturated carbocycles. The van der Waals surface area contributed by atoms with E-state index in [1.165, 1.54) is 34.6 Å². The fraction of sp³-hybridized carbons (Fsp3) is 0.333. The van der Waals surface area contributed by atoms with Crippen molar-refractivity contribution in [2.24, 2.45) is 0 Å². The van der Waals surface area contributed by atoms with Crippen molar-refractivity contribution >= 4 is 31.5 Å². The molecule has 6 nitrogen and oxygen atoms in total. The summed E-state index contributed by atoms with van der Waals surface area (Å²) in [6, 6.07) is 8.66. The van der Waals surface area contributed by atoms with Gasteiger partial charge in [-0.15, -0.1) is 0 Å². The maximum absolute atomic E-state index is 13.1. The number of sulfone groups is 1. The largest absolute Gasteiger partial charge is 0.379 e. The highest BCUT2D eigenvalue weighted by molar-refractivity contribution is 7.91. The molecule has 146 valence electrons. The van der Waals surface area contributed by atoms with Crippen LogP contribution in [0.2, 0.25) is 5.02 Å². The van der Waals surface area contributed by atoms with Crippen LogP contribution < -0.4 is 0 Å². The second-order valence-electron chi connectivity index (χ2n) is 6.36. The summed E-state index contributed by atoms with van der Waals surface area (Å²) in [7, 11) is -7.70. The van der Waals surface area contributed by atoms with Crippen LogP contribution in [0.25, 0.3) is 0 Å². The molecule has 3 rings (SSSR count). The van der Waals surface area contributed by atoms with E-state index in [1.807, 2.05) is 0 Å². The van der Waals surface area contributed by atoms with E-state index in [2.05, 4.69) is 0 Å². The quantitative estimate of drug-likeness (QED) is 0.746. The molecule has 2 aromatic rings. The molecule has 0 aromatic heterocycles. The predicted octanol–water partition coefficient (Wildman–Crippen LogP) is 2.81. The molecule has 0 N–H and O–H groups in total. The maximum Gasteiger partial charge on any atom is 0.243 e. The van der Waals surface area contributed by atoms with Crippen LogP contribution in [0, 0.1) is 13.8 Å². The Balaban J connectivity index is 2.13. The van der Waals surface area contributed by atoms with Gasteiger partial charge >= 0.3 is 0 Å². The predicted molar refractivity (Wildman–Crippen MR) is 102 cm³/mol. The second-order valence-corrected chi connectivity index (χ2v) is 10.6. The summed E-state index contributed by atoms with van der Waals surface area (Å²) in [4.78, 5) is 0.0402. The Bertz CT molecular complexity index is 1060. The van der Waals surface area contributed by atoms with Gasteiger partial charge in [-0.2, -0.15) is 4.31 Å². The Morgan fingerprint density at radius 2 is 1.44 bits per heavy atom. The third-order valence-corrected chi connectivity index (χ3v) is 8.68. The first-order valence-corrected chi connectivity index (χ1v) is 11.6. The second kappa shape index (κ2) is 7.52. The monoisotopic (exact) mass is 429 g/mol. The first kappa shape index (κ1) is 20.3. The van der Waals surface area contributed by atoms with Crippen LogP contribution in [0.5, 0.6) is 0 Å². The van der Waals surface area contributed by atoms with E-state index >= 15 is 0 Å².